The van der Waals surface area contributed by atoms with Crippen molar-refractivity contribution < 1.29 is 36.6 Å². The van der Waals surface area contributed by atoms with Crippen LogP contribution in [0.2, 0.25) is 5.02 Å². The fourth-order valence-electron chi connectivity index (χ4n) is 3.34. The van der Waals surface area contributed by atoms with Crippen LogP contribution in [0.1, 0.15) is 23.2 Å². The monoisotopic (exact) mass is 463 g/mol. The van der Waals surface area contributed by atoms with Crippen LogP contribution in [0.15, 0.2) is 35.2 Å². The molecule has 162 valence electrons. The normalized spacial score (nSPS) is 21.6. The summed E-state index contributed by atoms with van der Waals surface area (Å²) in [5.74, 6) is -6.44. The van der Waals surface area contributed by atoms with Crippen molar-refractivity contribution in [1.82, 2.24) is 0 Å². The molecule has 0 saturated heterocycles. The molecule has 6 nitrogen and oxygen atoms in total. The molecule has 0 radical (unpaired) electrons. The van der Waals surface area contributed by atoms with E-state index in [4.69, 9.17) is 11.6 Å². The van der Waals surface area contributed by atoms with Crippen molar-refractivity contribution >= 4 is 33.0 Å². The predicted molar refractivity (Wildman–Crippen MR) is 103 cm³/mol. The summed E-state index contributed by atoms with van der Waals surface area (Å²) in [5, 5.41) is 21.2. The second kappa shape index (κ2) is 8.54. The van der Waals surface area contributed by atoms with Gasteiger partial charge in [-0.2, -0.15) is 0 Å². The molecule has 0 spiro atoms. The Morgan fingerprint density at radius 3 is 2.20 bits per heavy atom. The molecule has 1 saturated carbocycles. The molecule has 0 aliphatic heterocycles. The number of amides is 1. The summed E-state index contributed by atoms with van der Waals surface area (Å²) in [5.41, 5.74) is -0.515. The molecule has 2 aromatic rings. The van der Waals surface area contributed by atoms with Gasteiger partial charge in [-0.15, -0.1) is 0 Å². The molecule has 1 aliphatic rings. The van der Waals surface area contributed by atoms with Crippen molar-refractivity contribution in [2.45, 2.75) is 29.9 Å². The molecule has 1 aliphatic carbocycles. The second-order valence-corrected chi connectivity index (χ2v) is 9.52. The van der Waals surface area contributed by atoms with Crippen molar-refractivity contribution in [3.63, 3.8) is 0 Å². The molecule has 1 unspecified atom stereocenters. The Labute approximate surface area is 175 Å². The van der Waals surface area contributed by atoms with E-state index < -0.39 is 51.3 Å². The lowest BCUT2D eigenvalue weighted by molar-refractivity contribution is 0.0438. The van der Waals surface area contributed by atoms with Crippen molar-refractivity contribution in [1.29, 1.82) is 0 Å². The van der Waals surface area contributed by atoms with Gasteiger partial charge in [0.05, 0.1) is 27.9 Å². The smallest absolute Gasteiger partial charge is 0.255 e. The molecule has 1 amide bonds. The lowest BCUT2D eigenvalue weighted by Crippen LogP contribution is -2.17. The highest BCUT2D eigenvalue weighted by atomic mass is 35.5. The van der Waals surface area contributed by atoms with Crippen molar-refractivity contribution in [2.24, 2.45) is 5.92 Å². The number of aliphatic hydroxyl groups excluding tert-OH is 2. The van der Waals surface area contributed by atoms with E-state index >= 15 is 0 Å². The van der Waals surface area contributed by atoms with Crippen molar-refractivity contribution in [2.75, 3.05) is 11.1 Å². The molecule has 0 bridgehead atoms. The van der Waals surface area contributed by atoms with E-state index in [1.807, 2.05) is 0 Å². The van der Waals surface area contributed by atoms with Gasteiger partial charge < -0.3 is 15.5 Å². The molecule has 0 heterocycles. The first-order valence-corrected chi connectivity index (χ1v) is 10.9. The van der Waals surface area contributed by atoms with Crippen LogP contribution in [-0.4, -0.2) is 42.5 Å². The highest BCUT2D eigenvalue weighted by Crippen LogP contribution is 2.32. The van der Waals surface area contributed by atoms with E-state index in [1.165, 1.54) is 12.1 Å². The van der Waals surface area contributed by atoms with Gasteiger partial charge in [-0.1, -0.05) is 11.6 Å². The largest absolute Gasteiger partial charge is 0.390 e. The highest BCUT2D eigenvalue weighted by Gasteiger charge is 2.35. The quantitative estimate of drug-likeness (QED) is 0.591. The first-order chi connectivity index (χ1) is 14.0. The zero-order valence-corrected chi connectivity index (χ0v) is 16.9. The Hall–Kier alpha value is -2.14. The zero-order chi connectivity index (χ0) is 22.2. The van der Waals surface area contributed by atoms with Gasteiger partial charge in [-0.05, 0) is 37.0 Å². The van der Waals surface area contributed by atoms with E-state index in [0.717, 1.165) is 6.07 Å². The Bertz CT molecular complexity index is 1060. The zero-order valence-electron chi connectivity index (χ0n) is 15.3. The molecule has 2 aromatic carbocycles. The number of carbonyl (C=O) groups is 1. The highest BCUT2D eigenvalue weighted by molar-refractivity contribution is 7.91. The average Bonchev–Trinajstić information content (AvgIpc) is 2.96. The minimum atomic E-state index is -3.97. The Balaban J connectivity index is 1.83. The SMILES string of the molecule is O=C(Nc1cc(F)c(F)c(F)c1)c1ccc(Cl)c(S(=O)(=O)CC2C[C@@H](O)[C@@H](O)C2)c1. The summed E-state index contributed by atoms with van der Waals surface area (Å²) >= 11 is 6.00. The third kappa shape index (κ3) is 4.77. The van der Waals surface area contributed by atoms with Crippen LogP contribution in [0.5, 0.6) is 0 Å². The Morgan fingerprint density at radius 1 is 1.07 bits per heavy atom. The van der Waals surface area contributed by atoms with Crippen LogP contribution < -0.4 is 5.32 Å². The third-order valence-electron chi connectivity index (χ3n) is 4.82. The fraction of sp³-hybridized carbons (Fsp3) is 0.316. The molecular weight excluding hydrogens is 447 g/mol. The lowest BCUT2D eigenvalue weighted by atomic mass is 10.1. The summed E-state index contributed by atoms with van der Waals surface area (Å²) < 4.78 is 65.2. The maximum atomic E-state index is 13.3. The van der Waals surface area contributed by atoms with Gasteiger partial charge in [-0.3, -0.25) is 4.79 Å². The summed E-state index contributed by atoms with van der Waals surface area (Å²) in [6, 6.07) is 4.59. The van der Waals surface area contributed by atoms with E-state index in [9.17, 15) is 36.6 Å². The second-order valence-electron chi connectivity index (χ2n) is 7.11. The van der Waals surface area contributed by atoms with Gasteiger partial charge in [0.25, 0.3) is 5.91 Å². The fourth-order valence-corrected chi connectivity index (χ4v) is 5.56. The van der Waals surface area contributed by atoms with Crippen LogP contribution in [0.3, 0.4) is 0 Å². The molecule has 3 rings (SSSR count). The molecule has 3 atom stereocenters. The van der Waals surface area contributed by atoms with Gasteiger partial charge in [-0.25, -0.2) is 21.6 Å². The minimum absolute atomic E-state index is 0.111. The number of rotatable bonds is 5. The number of carbonyl (C=O) groups excluding carboxylic acids is 1. The number of anilines is 1. The minimum Gasteiger partial charge on any atom is -0.390 e. The average molecular weight is 464 g/mol. The van der Waals surface area contributed by atoms with Gasteiger partial charge in [0.15, 0.2) is 27.3 Å². The van der Waals surface area contributed by atoms with Gasteiger partial charge >= 0.3 is 0 Å². The Kier molecular flexibility index (Phi) is 6.42. The number of aliphatic hydroxyl groups is 2. The third-order valence-corrected chi connectivity index (χ3v) is 7.18. The molecular formula is C19H17ClF3NO5S. The van der Waals surface area contributed by atoms with E-state index in [1.54, 1.807) is 0 Å². The summed E-state index contributed by atoms with van der Waals surface area (Å²) in [6.07, 6.45) is -1.79. The number of hydrogen-bond donors (Lipinski definition) is 3. The standard InChI is InChI=1S/C19H17ClF3NO5S/c20-12-2-1-10(19(27)24-11-6-13(21)18(23)14(22)7-11)5-17(12)30(28,29)8-9-3-15(25)16(26)4-9/h1-2,5-7,9,15-16,25-26H,3-4,8H2,(H,24,27)/t9?,15-,16+. The number of nitrogens with one attached hydrogen (secondary N) is 1. The van der Waals surface area contributed by atoms with E-state index in [0.29, 0.717) is 12.1 Å². The summed E-state index contributed by atoms with van der Waals surface area (Å²) in [7, 11) is -3.97. The first-order valence-electron chi connectivity index (χ1n) is 8.82. The number of halogens is 4. The van der Waals surface area contributed by atoms with Gasteiger partial charge in [0, 0.05) is 23.4 Å². The maximum absolute atomic E-state index is 13.3. The summed E-state index contributed by atoms with van der Waals surface area (Å²) in [4.78, 5) is 12.1. The van der Waals surface area contributed by atoms with Crippen LogP contribution in [0.25, 0.3) is 0 Å². The summed E-state index contributed by atoms with van der Waals surface area (Å²) in [6.45, 7) is 0. The topological polar surface area (TPSA) is 104 Å². The molecule has 11 heteroatoms. The van der Waals surface area contributed by atoms with E-state index in [-0.39, 0.29) is 39.8 Å². The molecule has 0 aromatic heterocycles. The van der Waals surface area contributed by atoms with Crippen molar-refractivity contribution in [3.05, 3.63) is 58.4 Å². The van der Waals surface area contributed by atoms with E-state index in [2.05, 4.69) is 5.32 Å². The van der Waals surface area contributed by atoms with Crippen molar-refractivity contribution in [3.8, 4) is 0 Å². The van der Waals surface area contributed by atoms with Crippen LogP contribution >= 0.6 is 11.6 Å². The van der Waals surface area contributed by atoms with Crippen LogP contribution in [0, 0.1) is 23.4 Å². The molecule has 3 N–H and O–H groups in total. The number of hydrogen-bond acceptors (Lipinski definition) is 5. The molecule has 30 heavy (non-hydrogen) atoms. The Morgan fingerprint density at radius 2 is 1.63 bits per heavy atom. The number of sulfone groups is 1. The lowest BCUT2D eigenvalue weighted by Gasteiger charge is -2.13. The van der Waals surface area contributed by atoms with Gasteiger partial charge in [0.1, 0.15) is 0 Å². The molecule has 1 fully saturated rings. The maximum Gasteiger partial charge on any atom is 0.255 e. The van der Waals surface area contributed by atoms with Gasteiger partial charge in [0.2, 0.25) is 0 Å². The number of benzene rings is 2. The predicted octanol–water partition coefficient (Wildman–Crippen LogP) is 2.92. The van der Waals surface area contributed by atoms with Crippen LogP contribution in [-0.2, 0) is 9.84 Å². The van der Waals surface area contributed by atoms with Crippen LogP contribution in [0.4, 0.5) is 18.9 Å². The first kappa shape index (κ1) is 22.5.